The standard InChI is InChI=1S/C31H32N2O4/c34-28-20-24-11-12-25(19-26(24)21-29(28)35)31(36)32-15-18-33-16-13-27(14-17-33)37-30(22-7-3-1-4-8-22)23-9-5-2-6-10-23/h1-12,19-21,27,30,34-35H,13-18H2,(H,32,36). The normalized spacial score (nSPS) is 14.7. The number of nitrogens with zero attached hydrogens (tertiary/aromatic N) is 1. The molecular formula is C31H32N2O4. The highest BCUT2D eigenvalue weighted by molar-refractivity contribution is 5.99. The molecule has 0 bridgehead atoms. The van der Waals surface area contributed by atoms with Gasteiger partial charge in [-0.2, -0.15) is 0 Å². The van der Waals surface area contributed by atoms with Gasteiger partial charge in [0.15, 0.2) is 11.5 Å². The number of aromatic hydroxyl groups is 2. The molecule has 1 heterocycles. The molecule has 0 spiro atoms. The summed E-state index contributed by atoms with van der Waals surface area (Å²) < 4.78 is 6.63. The molecule has 0 radical (unpaired) electrons. The van der Waals surface area contributed by atoms with Crippen molar-refractivity contribution in [1.29, 1.82) is 0 Å². The van der Waals surface area contributed by atoms with Crippen LogP contribution in [-0.2, 0) is 4.74 Å². The van der Waals surface area contributed by atoms with Crippen molar-refractivity contribution in [2.75, 3.05) is 26.2 Å². The molecule has 0 atom stereocenters. The molecule has 4 aromatic rings. The van der Waals surface area contributed by atoms with Gasteiger partial charge < -0.3 is 25.2 Å². The van der Waals surface area contributed by atoms with Gasteiger partial charge in [-0.15, -0.1) is 0 Å². The lowest BCUT2D eigenvalue weighted by Crippen LogP contribution is -2.41. The van der Waals surface area contributed by atoms with Crippen LogP contribution < -0.4 is 5.32 Å². The Balaban J connectivity index is 1.11. The second-order valence-electron chi connectivity index (χ2n) is 9.54. The molecule has 0 saturated carbocycles. The van der Waals surface area contributed by atoms with E-state index in [1.807, 2.05) is 12.1 Å². The maximum absolute atomic E-state index is 12.7. The van der Waals surface area contributed by atoms with Crippen molar-refractivity contribution in [1.82, 2.24) is 10.2 Å². The fraction of sp³-hybridized carbons (Fsp3) is 0.258. The van der Waals surface area contributed by atoms with Crippen molar-refractivity contribution in [3.05, 3.63) is 108 Å². The molecule has 6 heteroatoms. The van der Waals surface area contributed by atoms with Gasteiger partial charge in [-0.3, -0.25) is 4.79 Å². The molecule has 1 aliphatic heterocycles. The van der Waals surface area contributed by atoms with Gasteiger partial charge in [0.25, 0.3) is 5.91 Å². The van der Waals surface area contributed by atoms with Gasteiger partial charge in [-0.25, -0.2) is 0 Å². The van der Waals surface area contributed by atoms with E-state index in [-0.39, 0.29) is 29.6 Å². The Kier molecular flexibility index (Phi) is 7.68. The van der Waals surface area contributed by atoms with Crippen molar-refractivity contribution in [3.63, 3.8) is 0 Å². The van der Waals surface area contributed by atoms with Gasteiger partial charge in [0.2, 0.25) is 0 Å². The number of nitrogens with one attached hydrogen (secondary N) is 1. The van der Waals surface area contributed by atoms with E-state index in [4.69, 9.17) is 4.74 Å². The van der Waals surface area contributed by atoms with Crippen LogP contribution in [0.25, 0.3) is 10.8 Å². The number of rotatable bonds is 8. The topological polar surface area (TPSA) is 82.0 Å². The van der Waals surface area contributed by atoms with Gasteiger partial charge in [-0.1, -0.05) is 66.7 Å². The summed E-state index contributed by atoms with van der Waals surface area (Å²) in [5.41, 5.74) is 2.86. The quantitative estimate of drug-likeness (QED) is 0.290. The molecule has 4 aromatic carbocycles. The molecule has 0 aliphatic carbocycles. The molecule has 6 nitrogen and oxygen atoms in total. The maximum Gasteiger partial charge on any atom is 0.251 e. The van der Waals surface area contributed by atoms with Crippen LogP contribution in [0.15, 0.2) is 91.0 Å². The summed E-state index contributed by atoms with van der Waals surface area (Å²) in [4.78, 5) is 15.0. The van der Waals surface area contributed by atoms with Crippen LogP contribution >= 0.6 is 0 Å². The zero-order valence-electron chi connectivity index (χ0n) is 20.7. The van der Waals surface area contributed by atoms with E-state index in [9.17, 15) is 15.0 Å². The second-order valence-corrected chi connectivity index (χ2v) is 9.54. The minimum absolute atomic E-state index is 0.0777. The highest BCUT2D eigenvalue weighted by Crippen LogP contribution is 2.31. The summed E-state index contributed by atoms with van der Waals surface area (Å²) in [5, 5.41) is 23.9. The lowest BCUT2D eigenvalue weighted by atomic mass is 10.00. The van der Waals surface area contributed by atoms with Crippen LogP contribution in [-0.4, -0.2) is 53.3 Å². The number of likely N-dealkylation sites (tertiary alicyclic amines) is 1. The van der Waals surface area contributed by atoms with Crippen molar-refractivity contribution in [2.24, 2.45) is 0 Å². The van der Waals surface area contributed by atoms with Gasteiger partial charge in [0.1, 0.15) is 6.10 Å². The van der Waals surface area contributed by atoms with Crippen molar-refractivity contribution < 1.29 is 19.7 Å². The van der Waals surface area contributed by atoms with Gasteiger partial charge in [-0.05, 0) is 59.0 Å². The Labute approximate surface area is 217 Å². The number of hydrogen-bond acceptors (Lipinski definition) is 5. The third-order valence-electron chi connectivity index (χ3n) is 6.98. The third kappa shape index (κ3) is 6.10. The number of carbonyl (C=O) groups excluding carboxylic acids is 1. The monoisotopic (exact) mass is 496 g/mol. The molecule has 1 fully saturated rings. The highest BCUT2D eigenvalue weighted by atomic mass is 16.5. The lowest BCUT2D eigenvalue weighted by molar-refractivity contribution is -0.0267. The number of carbonyl (C=O) groups is 1. The molecule has 1 amide bonds. The number of fused-ring (bicyclic) bond motifs is 1. The molecule has 37 heavy (non-hydrogen) atoms. The molecule has 0 unspecified atom stereocenters. The van der Waals surface area contributed by atoms with Gasteiger partial charge >= 0.3 is 0 Å². The van der Waals surface area contributed by atoms with Crippen LogP contribution in [0.2, 0.25) is 0 Å². The summed E-state index contributed by atoms with van der Waals surface area (Å²) in [7, 11) is 0. The number of hydrogen-bond donors (Lipinski definition) is 3. The second kappa shape index (κ2) is 11.5. The van der Waals surface area contributed by atoms with Crippen molar-refractivity contribution in [3.8, 4) is 11.5 Å². The summed E-state index contributed by atoms with van der Waals surface area (Å²) in [6.45, 7) is 3.19. The van der Waals surface area contributed by atoms with Crippen LogP contribution in [0.1, 0.15) is 40.4 Å². The third-order valence-corrected chi connectivity index (χ3v) is 6.98. The average molecular weight is 497 g/mol. The van der Waals surface area contributed by atoms with Crippen LogP contribution in [0.4, 0.5) is 0 Å². The molecular weight excluding hydrogens is 464 g/mol. The number of ether oxygens (including phenoxy) is 1. The fourth-order valence-corrected chi connectivity index (χ4v) is 4.91. The van der Waals surface area contributed by atoms with Crippen LogP contribution in [0.3, 0.4) is 0 Å². The predicted molar refractivity (Wildman–Crippen MR) is 145 cm³/mol. The Morgan fingerprint density at radius 1 is 0.838 bits per heavy atom. The number of phenols is 2. The summed E-state index contributed by atoms with van der Waals surface area (Å²) in [6, 6.07) is 28.9. The van der Waals surface area contributed by atoms with Crippen molar-refractivity contribution >= 4 is 16.7 Å². The zero-order valence-corrected chi connectivity index (χ0v) is 20.7. The van der Waals surface area contributed by atoms with E-state index in [1.165, 1.54) is 23.3 Å². The minimum atomic E-state index is -0.198. The number of piperidine rings is 1. The smallest absolute Gasteiger partial charge is 0.251 e. The summed E-state index contributed by atoms with van der Waals surface area (Å²) in [6.07, 6.45) is 2.01. The van der Waals surface area contributed by atoms with Crippen LogP contribution in [0.5, 0.6) is 11.5 Å². The Bertz CT molecular complexity index is 1300. The Morgan fingerprint density at radius 2 is 1.43 bits per heavy atom. The number of phenolic OH excluding ortho intramolecular Hbond substituents is 2. The largest absolute Gasteiger partial charge is 0.504 e. The fourth-order valence-electron chi connectivity index (χ4n) is 4.91. The predicted octanol–water partition coefficient (Wildman–Crippen LogP) is 5.25. The highest BCUT2D eigenvalue weighted by Gasteiger charge is 2.24. The van der Waals surface area contributed by atoms with E-state index in [0.29, 0.717) is 17.5 Å². The van der Waals surface area contributed by atoms with E-state index < -0.39 is 0 Å². The first-order chi connectivity index (χ1) is 18.1. The Morgan fingerprint density at radius 3 is 2.05 bits per heavy atom. The summed E-state index contributed by atoms with van der Waals surface area (Å²) in [5.74, 6) is -0.521. The molecule has 190 valence electrons. The van der Waals surface area contributed by atoms with E-state index in [0.717, 1.165) is 37.9 Å². The molecule has 1 aliphatic rings. The molecule has 1 saturated heterocycles. The first-order valence-corrected chi connectivity index (χ1v) is 12.8. The number of amides is 1. The SMILES string of the molecule is O=C(NCCN1CCC(OC(c2ccccc2)c2ccccc2)CC1)c1ccc2cc(O)c(O)cc2c1. The summed E-state index contributed by atoms with van der Waals surface area (Å²) >= 11 is 0. The molecule has 5 rings (SSSR count). The van der Waals surface area contributed by atoms with E-state index in [1.54, 1.807) is 18.2 Å². The van der Waals surface area contributed by atoms with Gasteiger partial charge in [0, 0.05) is 31.7 Å². The zero-order chi connectivity index (χ0) is 25.6. The lowest BCUT2D eigenvalue weighted by Gasteiger charge is -2.34. The Hall–Kier alpha value is -3.87. The van der Waals surface area contributed by atoms with Crippen molar-refractivity contribution in [2.45, 2.75) is 25.0 Å². The first-order valence-electron chi connectivity index (χ1n) is 12.8. The average Bonchev–Trinajstić information content (AvgIpc) is 2.94. The van der Waals surface area contributed by atoms with Crippen LogP contribution in [0, 0.1) is 0 Å². The minimum Gasteiger partial charge on any atom is -0.504 e. The van der Waals surface area contributed by atoms with E-state index in [2.05, 4.69) is 58.7 Å². The van der Waals surface area contributed by atoms with Gasteiger partial charge in [0.05, 0.1) is 6.10 Å². The maximum atomic E-state index is 12.7. The number of benzene rings is 4. The first kappa shape index (κ1) is 24.8. The molecule has 0 aromatic heterocycles. The van der Waals surface area contributed by atoms with E-state index >= 15 is 0 Å². The molecule has 3 N–H and O–H groups in total.